The number of benzene rings is 2. The minimum atomic E-state index is -1.62. The molecule has 0 unspecified atom stereocenters. The van der Waals surface area contributed by atoms with E-state index in [-0.39, 0.29) is 29.3 Å². The minimum absolute atomic E-state index is 0.0202. The molecule has 2 aromatic rings. The number of aliphatic hydroxyl groups is 8. The molecule has 0 radical (unpaired) electrons. The van der Waals surface area contributed by atoms with Gasteiger partial charge in [0.15, 0.2) is 11.5 Å². The summed E-state index contributed by atoms with van der Waals surface area (Å²) in [4.78, 5) is 0. The summed E-state index contributed by atoms with van der Waals surface area (Å²) in [5, 5.41) is 90.7. The van der Waals surface area contributed by atoms with Crippen LogP contribution in [0.15, 0.2) is 36.4 Å². The molecular formula is C30H40O13. The Morgan fingerprint density at radius 3 is 1.79 bits per heavy atom. The lowest BCUT2D eigenvalue weighted by Crippen LogP contribution is -2.60. The van der Waals surface area contributed by atoms with Crippen LogP contribution in [-0.2, 0) is 15.9 Å². The molecule has 0 spiro atoms. The number of ether oxygens (including phenoxy) is 4. The van der Waals surface area contributed by atoms with Crippen molar-refractivity contribution in [2.75, 3.05) is 13.2 Å². The van der Waals surface area contributed by atoms with Gasteiger partial charge in [0.05, 0.1) is 13.2 Å². The SMILES string of the molecule is C[C@H]1[C@H](c2ccc(O[C@@H]3O[C@H](CO)[C@@H](O)[C@H](O)[C@H]3O)cc2)c2cc(O)c(O[C@@H]3O[C@H](CO)[C@@H](O)[C@H](O)[C@H]3O)cc2C[C@H]1C. The van der Waals surface area contributed by atoms with E-state index in [2.05, 4.69) is 13.8 Å². The van der Waals surface area contributed by atoms with Gasteiger partial charge in [-0.3, -0.25) is 0 Å². The van der Waals surface area contributed by atoms with Crippen molar-refractivity contribution in [1.82, 2.24) is 0 Å². The summed E-state index contributed by atoms with van der Waals surface area (Å²) in [6.07, 6.45) is -13.7. The number of hydrogen-bond donors (Lipinski definition) is 9. The quantitative estimate of drug-likeness (QED) is 0.179. The van der Waals surface area contributed by atoms with Crippen LogP contribution in [-0.4, -0.2) is 121 Å². The molecule has 2 aromatic carbocycles. The summed E-state index contributed by atoms with van der Waals surface area (Å²) >= 11 is 0. The van der Waals surface area contributed by atoms with Crippen LogP contribution in [0.1, 0.15) is 36.5 Å². The normalized spacial score (nSPS) is 39.6. The zero-order chi connectivity index (χ0) is 31.2. The largest absolute Gasteiger partial charge is 0.504 e. The first-order valence-corrected chi connectivity index (χ1v) is 14.3. The minimum Gasteiger partial charge on any atom is -0.504 e. The van der Waals surface area contributed by atoms with E-state index in [1.54, 1.807) is 24.3 Å². The molecule has 13 atom stereocenters. The van der Waals surface area contributed by atoms with Crippen molar-refractivity contribution in [3.8, 4) is 17.2 Å². The van der Waals surface area contributed by atoms with Crippen LogP contribution in [0.2, 0.25) is 0 Å². The third-order valence-corrected chi connectivity index (χ3v) is 8.95. The van der Waals surface area contributed by atoms with Gasteiger partial charge in [0, 0.05) is 5.92 Å². The second-order valence-electron chi connectivity index (χ2n) is 11.7. The molecule has 2 fully saturated rings. The summed E-state index contributed by atoms with van der Waals surface area (Å²) in [5.74, 6) is 0.397. The summed E-state index contributed by atoms with van der Waals surface area (Å²) in [6.45, 7) is 3.06. The number of rotatable bonds is 7. The van der Waals surface area contributed by atoms with E-state index in [9.17, 15) is 46.0 Å². The number of phenols is 1. The van der Waals surface area contributed by atoms with Crippen molar-refractivity contribution < 1.29 is 64.9 Å². The molecule has 238 valence electrons. The molecule has 0 saturated carbocycles. The van der Waals surface area contributed by atoms with Gasteiger partial charge in [-0.1, -0.05) is 26.0 Å². The Balaban J connectivity index is 1.36. The van der Waals surface area contributed by atoms with Gasteiger partial charge in [-0.2, -0.15) is 0 Å². The molecule has 2 aliphatic heterocycles. The molecular weight excluding hydrogens is 568 g/mol. The molecule has 13 nitrogen and oxygen atoms in total. The van der Waals surface area contributed by atoms with Crippen LogP contribution in [0.25, 0.3) is 0 Å². The topological polar surface area (TPSA) is 219 Å². The van der Waals surface area contributed by atoms with Gasteiger partial charge in [0.1, 0.15) is 54.6 Å². The lowest BCUT2D eigenvalue weighted by atomic mass is 9.68. The number of phenolic OH excluding ortho intramolecular Hbond substituents is 1. The number of aliphatic hydroxyl groups excluding tert-OH is 8. The second kappa shape index (κ2) is 12.8. The van der Waals surface area contributed by atoms with Crippen molar-refractivity contribution in [1.29, 1.82) is 0 Å². The molecule has 5 rings (SSSR count). The summed E-state index contributed by atoms with van der Waals surface area (Å²) in [5.41, 5.74) is 2.69. The molecule has 43 heavy (non-hydrogen) atoms. The van der Waals surface area contributed by atoms with E-state index < -0.39 is 74.6 Å². The first kappa shape index (κ1) is 31.9. The Labute approximate surface area is 248 Å². The Bertz CT molecular complexity index is 1240. The van der Waals surface area contributed by atoms with E-state index in [1.165, 1.54) is 0 Å². The van der Waals surface area contributed by atoms with Crippen LogP contribution in [0, 0.1) is 11.8 Å². The highest BCUT2D eigenvalue weighted by Gasteiger charge is 2.46. The molecule has 1 aliphatic carbocycles. The predicted octanol–water partition coefficient (Wildman–Crippen LogP) is -1.29. The van der Waals surface area contributed by atoms with Gasteiger partial charge < -0.3 is 64.9 Å². The van der Waals surface area contributed by atoms with Gasteiger partial charge in [-0.25, -0.2) is 0 Å². The average molecular weight is 609 g/mol. The fraction of sp³-hybridized carbons (Fsp3) is 0.600. The van der Waals surface area contributed by atoms with E-state index in [1.807, 2.05) is 12.1 Å². The van der Waals surface area contributed by atoms with E-state index in [4.69, 9.17) is 18.9 Å². The Morgan fingerprint density at radius 1 is 0.721 bits per heavy atom. The Morgan fingerprint density at radius 2 is 1.26 bits per heavy atom. The molecule has 3 aliphatic rings. The van der Waals surface area contributed by atoms with E-state index in [0.717, 1.165) is 16.7 Å². The lowest BCUT2D eigenvalue weighted by Gasteiger charge is -2.40. The van der Waals surface area contributed by atoms with Gasteiger partial charge in [-0.05, 0) is 59.2 Å². The van der Waals surface area contributed by atoms with Crippen LogP contribution < -0.4 is 9.47 Å². The third-order valence-electron chi connectivity index (χ3n) is 8.95. The van der Waals surface area contributed by atoms with Crippen molar-refractivity contribution in [3.05, 3.63) is 53.1 Å². The fourth-order valence-electron chi connectivity index (χ4n) is 6.16. The van der Waals surface area contributed by atoms with Crippen LogP contribution in [0.3, 0.4) is 0 Å². The van der Waals surface area contributed by atoms with E-state index >= 15 is 0 Å². The summed E-state index contributed by atoms with van der Waals surface area (Å²) < 4.78 is 22.3. The molecule has 13 heteroatoms. The van der Waals surface area contributed by atoms with Crippen molar-refractivity contribution in [2.45, 2.75) is 87.6 Å². The molecule has 0 bridgehead atoms. The maximum absolute atomic E-state index is 10.9. The smallest absolute Gasteiger partial charge is 0.229 e. The first-order chi connectivity index (χ1) is 20.4. The number of fused-ring (bicyclic) bond motifs is 1. The highest BCUT2D eigenvalue weighted by Crippen LogP contribution is 2.47. The van der Waals surface area contributed by atoms with Gasteiger partial charge >= 0.3 is 0 Å². The molecule has 0 aromatic heterocycles. The van der Waals surface area contributed by atoms with Gasteiger partial charge in [0.2, 0.25) is 12.6 Å². The average Bonchev–Trinajstić information content (AvgIpc) is 2.99. The standard InChI is InChI=1S/C30H40O13/c1-12-7-15-8-19(41-30-28(39)26(37)24(35)21(11-32)43-30)18(33)9-17(15)22(13(12)2)14-3-5-16(6-4-14)40-29-27(38)25(36)23(34)20(10-31)42-29/h3-6,8-9,12-13,20-39H,7,10-11H2,1-2H3/t12-,13-,20-,21-,22-,23-,24-,25+,26+,27-,28-,29-,30-/m1/s1. The highest BCUT2D eigenvalue weighted by molar-refractivity contribution is 5.52. The zero-order valence-electron chi connectivity index (χ0n) is 23.7. The summed E-state index contributed by atoms with van der Waals surface area (Å²) in [7, 11) is 0. The lowest BCUT2D eigenvalue weighted by molar-refractivity contribution is -0.277. The van der Waals surface area contributed by atoms with Crippen molar-refractivity contribution >= 4 is 0 Å². The predicted molar refractivity (Wildman–Crippen MR) is 147 cm³/mol. The van der Waals surface area contributed by atoms with Crippen molar-refractivity contribution in [2.24, 2.45) is 11.8 Å². The molecule has 9 N–H and O–H groups in total. The maximum Gasteiger partial charge on any atom is 0.229 e. The Hall–Kier alpha value is -2.56. The molecule has 0 amide bonds. The fourth-order valence-corrected chi connectivity index (χ4v) is 6.16. The summed E-state index contributed by atoms with van der Waals surface area (Å²) in [6, 6.07) is 10.3. The zero-order valence-corrected chi connectivity index (χ0v) is 23.7. The highest BCUT2D eigenvalue weighted by atomic mass is 16.7. The Kier molecular flexibility index (Phi) is 9.49. The monoisotopic (exact) mass is 608 g/mol. The number of aromatic hydroxyl groups is 1. The van der Waals surface area contributed by atoms with E-state index in [0.29, 0.717) is 12.2 Å². The third kappa shape index (κ3) is 6.07. The van der Waals surface area contributed by atoms with Crippen LogP contribution >= 0.6 is 0 Å². The second-order valence-corrected chi connectivity index (χ2v) is 11.7. The van der Waals surface area contributed by atoms with Crippen LogP contribution in [0.5, 0.6) is 17.2 Å². The molecule has 2 heterocycles. The maximum atomic E-state index is 10.9. The van der Waals surface area contributed by atoms with Gasteiger partial charge in [-0.15, -0.1) is 0 Å². The first-order valence-electron chi connectivity index (χ1n) is 14.3. The van der Waals surface area contributed by atoms with Crippen LogP contribution in [0.4, 0.5) is 0 Å². The molecule has 2 saturated heterocycles. The van der Waals surface area contributed by atoms with Gasteiger partial charge in [0.25, 0.3) is 0 Å². The van der Waals surface area contributed by atoms with Crippen molar-refractivity contribution in [3.63, 3.8) is 0 Å². The number of hydrogen-bond acceptors (Lipinski definition) is 13.